The van der Waals surface area contributed by atoms with Gasteiger partial charge in [0.25, 0.3) is 0 Å². The van der Waals surface area contributed by atoms with E-state index in [0.29, 0.717) is 6.04 Å². The van der Waals surface area contributed by atoms with E-state index in [1.807, 2.05) is 12.1 Å². The lowest BCUT2D eigenvalue weighted by atomic mass is 10.2. The number of rotatable bonds is 7. The highest BCUT2D eigenvalue weighted by molar-refractivity contribution is 9.10. The van der Waals surface area contributed by atoms with Gasteiger partial charge in [0, 0.05) is 25.7 Å². The SMILES string of the molecule is CCC(C)N(C)CCNCc1ccc(O)c(Br)c1. The summed E-state index contributed by atoms with van der Waals surface area (Å²) in [5.74, 6) is 0.287. The molecule has 0 fully saturated rings. The number of aromatic hydroxyl groups is 1. The molecule has 1 unspecified atom stereocenters. The fourth-order valence-corrected chi connectivity index (χ4v) is 2.11. The molecule has 0 aliphatic carbocycles. The van der Waals surface area contributed by atoms with Crippen LogP contribution in [0.5, 0.6) is 5.75 Å². The fourth-order valence-electron chi connectivity index (χ4n) is 1.68. The first-order valence-electron chi connectivity index (χ1n) is 6.43. The molecular formula is C14H23BrN2O. The molecular weight excluding hydrogens is 292 g/mol. The zero-order valence-electron chi connectivity index (χ0n) is 11.4. The van der Waals surface area contributed by atoms with Crippen molar-refractivity contribution in [3.05, 3.63) is 28.2 Å². The quantitative estimate of drug-likeness (QED) is 0.759. The molecule has 1 aromatic carbocycles. The Labute approximate surface area is 118 Å². The van der Waals surface area contributed by atoms with Gasteiger partial charge in [-0.3, -0.25) is 0 Å². The average molecular weight is 315 g/mol. The first-order valence-corrected chi connectivity index (χ1v) is 7.22. The molecule has 4 heteroatoms. The normalized spacial score (nSPS) is 12.9. The third-order valence-corrected chi connectivity index (χ3v) is 3.96. The number of phenols is 1. The predicted molar refractivity (Wildman–Crippen MR) is 79.9 cm³/mol. The van der Waals surface area contributed by atoms with Crippen molar-refractivity contribution in [3.63, 3.8) is 0 Å². The van der Waals surface area contributed by atoms with Gasteiger partial charge in [-0.15, -0.1) is 0 Å². The van der Waals surface area contributed by atoms with Gasteiger partial charge >= 0.3 is 0 Å². The van der Waals surface area contributed by atoms with Crippen LogP contribution in [0.25, 0.3) is 0 Å². The molecule has 0 aliphatic rings. The third-order valence-electron chi connectivity index (χ3n) is 3.33. The van der Waals surface area contributed by atoms with E-state index < -0.39 is 0 Å². The van der Waals surface area contributed by atoms with Crippen molar-refractivity contribution in [2.45, 2.75) is 32.9 Å². The molecule has 0 spiro atoms. The molecule has 1 rings (SSSR count). The van der Waals surface area contributed by atoms with Crippen molar-refractivity contribution in [2.24, 2.45) is 0 Å². The molecule has 0 aromatic heterocycles. The van der Waals surface area contributed by atoms with Gasteiger partial charge in [-0.25, -0.2) is 0 Å². The van der Waals surface area contributed by atoms with Crippen LogP contribution < -0.4 is 5.32 Å². The van der Waals surface area contributed by atoms with E-state index >= 15 is 0 Å². The van der Waals surface area contributed by atoms with Crippen molar-refractivity contribution in [3.8, 4) is 5.75 Å². The number of benzene rings is 1. The molecule has 1 aromatic rings. The van der Waals surface area contributed by atoms with Crippen LogP contribution >= 0.6 is 15.9 Å². The van der Waals surface area contributed by atoms with Crippen LogP contribution in [0.1, 0.15) is 25.8 Å². The van der Waals surface area contributed by atoms with Crippen LogP contribution in [-0.2, 0) is 6.54 Å². The Morgan fingerprint density at radius 2 is 2.17 bits per heavy atom. The van der Waals surface area contributed by atoms with E-state index in [4.69, 9.17) is 0 Å². The Morgan fingerprint density at radius 3 is 2.78 bits per heavy atom. The average Bonchev–Trinajstić information content (AvgIpc) is 2.37. The van der Waals surface area contributed by atoms with E-state index in [2.05, 4.69) is 47.0 Å². The summed E-state index contributed by atoms with van der Waals surface area (Å²) in [5.41, 5.74) is 1.17. The van der Waals surface area contributed by atoms with E-state index in [0.717, 1.165) is 24.1 Å². The van der Waals surface area contributed by atoms with Crippen molar-refractivity contribution in [1.82, 2.24) is 10.2 Å². The fraction of sp³-hybridized carbons (Fsp3) is 0.571. The summed E-state index contributed by atoms with van der Waals surface area (Å²) in [6.45, 7) is 7.31. The Morgan fingerprint density at radius 1 is 1.44 bits per heavy atom. The molecule has 3 nitrogen and oxygen atoms in total. The number of hydrogen-bond acceptors (Lipinski definition) is 3. The minimum Gasteiger partial charge on any atom is -0.507 e. The molecule has 1 atom stereocenters. The first kappa shape index (κ1) is 15.5. The molecule has 18 heavy (non-hydrogen) atoms. The largest absolute Gasteiger partial charge is 0.507 e. The second kappa shape index (κ2) is 7.77. The van der Waals surface area contributed by atoms with E-state index in [1.165, 1.54) is 12.0 Å². The summed E-state index contributed by atoms with van der Waals surface area (Å²) >= 11 is 3.32. The lowest BCUT2D eigenvalue weighted by molar-refractivity contribution is 0.251. The van der Waals surface area contributed by atoms with Crippen molar-refractivity contribution in [2.75, 3.05) is 20.1 Å². The summed E-state index contributed by atoms with van der Waals surface area (Å²) in [6.07, 6.45) is 1.18. The van der Waals surface area contributed by atoms with Crippen LogP contribution in [0, 0.1) is 0 Å². The zero-order valence-corrected chi connectivity index (χ0v) is 13.0. The van der Waals surface area contributed by atoms with E-state index in [-0.39, 0.29) is 5.75 Å². The highest BCUT2D eigenvalue weighted by Gasteiger charge is 2.05. The number of likely N-dealkylation sites (N-methyl/N-ethyl adjacent to an activating group) is 1. The van der Waals surface area contributed by atoms with Crippen LogP contribution in [0.2, 0.25) is 0 Å². The van der Waals surface area contributed by atoms with Gasteiger partial charge in [0.05, 0.1) is 4.47 Å². The zero-order chi connectivity index (χ0) is 13.5. The number of halogens is 1. The molecule has 0 saturated heterocycles. The van der Waals surface area contributed by atoms with E-state index in [9.17, 15) is 5.11 Å². The molecule has 0 bridgehead atoms. The maximum absolute atomic E-state index is 9.40. The van der Waals surface area contributed by atoms with E-state index in [1.54, 1.807) is 6.07 Å². The molecule has 0 radical (unpaired) electrons. The lowest BCUT2D eigenvalue weighted by Gasteiger charge is -2.23. The van der Waals surface area contributed by atoms with Gasteiger partial charge in [0.1, 0.15) is 5.75 Å². The Balaban J connectivity index is 2.27. The monoisotopic (exact) mass is 314 g/mol. The molecule has 0 heterocycles. The van der Waals surface area contributed by atoms with Gasteiger partial charge in [0.15, 0.2) is 0 Å². The van der Waals surface area contributed by atoms with Crippen molar-refractivity contribution in [1.29, 1.82) is 0 Å². The van der Waals surface area contributed by atoms with Crippen LogP contribution in [0.4, 0.5) is 0 Å². The van der Waals surface area contributed by atoms with Gasteiger partial charge in [0.2, 0.25) is 0 Å². The standard InChI is InChI=1S/C14H23BrN2O/c1-4-11(2)17(3)8-7-16-10-12-5-6-14(18)13(15)9-12/h5-6,9,11,16,18H,4,7-8,10H2,1-3H3. The minimum absolute atomic E-state index is 0.287. The molecule has 2 N–H and O–H groups in total. The maximum Gasteiger partial charge on any atom is 0.129 e. The first-order chi connectivity index (χ1) is 8.54. The minimum atomic E-state index is 0.287. The summed E-state index contributed by atoms with van der Waals surface area (Å²) in [5, 5.41) is 12.8. The molecule has 102 valence electrons. The van der Waals surface area contributed by atoms with Gasteiger partial charge in [-0.1, -0.05) is 13.0 Å². The van der Waals surface area contributed by atoms with Crippen LogP contribution in [0.3, 0.4) is 0 Å². The van der Waals surface area contributed by atoms with Crippen LogP contribution in [-0.4, -0.2) is 36.2 Å². The topological polar surface area (TPSA) is 35.5 Å². The molecule has 0 aliphatic heterocycles. The highest BCUT2D eigenvalue weighted by atomic mass is 79.9. The van der Waals surface area contributed by atoms with Crippen molar-refractivity contribution >= 4 is 15.9 Å². The number of hydrogen-bond donors (Lipinski definition) is 2. The Bertz CT molecular complexity index is 371. The number of nitrogens with zero attached hydrogens (tertiary/aromatic N) is 1. The highest BCUT2D eigenvalue weighted by Crippen LogP contribution is 2.24. The number of phenolic OH excluding ortho intramolecular Hbond substituents is 1. The second-order valence-electron chi connectivity index (χ2n) is 4.70. The molecule has 0 amide bonds. The lowest BCUT2D eigenvalue weighted by Crippen LogP contribution is -2.34. The maximum atomic E-state index is 9.40. The second-order valence-corrected chi connectivity index (χ2v) is 5.55. The van der Waals surface area contributed by atoms with Crippen LogP contribution in [0.15, 0.2) is 22.7 Å². The predicted octanol–water partition coefficient (Wildman–Crippen LogP) is 2.97. The summed E-state index contributed by atoms with van der Waals surface area (Å²) in [4.78, 5) is 2.36. The summed E-state index contributed by atoms with van der Waals surface area (Å²) in [6, 6.07) is 6.23. The Kier molecular flexibility index (Phi) is 6.68. The van der Waals surface area contributed by atoms with Gasteiger partial charge in [-0.05, 0) is 54.0 Å². The van der Waals surface area contributed by atoms with Gasteiger partial charge < -0.3 is 15.3 Å². The number of nitrogens with one attached hydrogen (secondary N) is 1. The summed E-state index contributed by atoms with van der Waals surface area (Å²) in [7, 11) is 2.16. The smallest absolute Gasteiger partial charge is 0.129 e. The van der Waals surface area contributed by atoms with Crippen molar-refractivity contribution < 1.29 is 5.11 Å². The summed E-state index contributed by atoms with van der Waals surface area (Å²) < 4.78 is 0.749. The third kappa shape index (κ3) is 4.96. The Hall–Kier alpha value is -0.580. The molecule has 0 saturated carbocycles. The van der Waals surface area contributed by atoms with Gasteiger partial charge in [-0.2, -0.15) is 0 Å².